The van der Waals surface area contributed by atoms with Crippen molar-refractivity contribution in [3.8, 4) is 0 Å². The van der Waals surface area contributed by atoms with Gasteiger partial charge >= 0.3 is 0 Å². The van der Waals surface area contributed by atoms with Crippen LogP contribution in [0.15, 0.2) is 0 Å². The predicted octanol–water partition coefficient (Wildman–Crippen LogP) is 8.88. The molecule has 0 spiro atoms. The molecule has 0 heterocycles. The van der Waals surface area contributed by atoms with Crippen LogP contribution in [0.2, 0.25) is 0 Å². The van der Waals surface area contributed by atoms with Crippen LogP contribution in [0.5, 0.6) is 0 Å². The van der Waals surface area contributed by atoms with Crippen LogP contribution in [0, 0.1) is 0 Å². The van der Waals surface area contributed by atoms with Gasteiger partial charge in [0.25, 0.3) is 0 Å². The normalized spacial score (nSPS) is 12.0. The molecule has 3 N–H and O–H groups in total. The summed E-state index contributed by atoms with van der Waals surface area (Å²) in [6, 6.07) is 0. The number of hydrogen-bond acceptors (Lipinski definition) is 5. The van der Waals surface area contributed by atoms with Gasteiger partial charge in [-0.1, -0.05) is 168 Å². The van der Waals surface area contributed by atoms with Gasteiger partial charge in [-0.2, -0.15) is 0 Å². The molecule has 8 nitrogen and oxygen atoms in total. The summed E-state index contributed by atoms with van der Waals surface area (Å²) in [6.07, 6.45) is 39.8. The molecule has 0 fully saturated rings. The van der Waals surface area contributed by atoms with E-state index in [1.807, 2.05) is 0 Å². The van der Waals surface area contributed by atoms with Crippen molar-refractivity contribution in [3.05, 3.63) is 0 Å². The zero-order chi connectivity index (χ0) is 37.5. The third-order valence-electron chi connectivity index (χ3n) is 9.64. The third kappa shape index (κ3) is 57.5. The molecule has 0 aliphatic rings. The molecule has 0 bridgehead atoms. The Morgan fingerprint density at radius 2 is 0.551 bits per heavy atom. The minimum absolute atomic E-state index is 0.311. The van der Waals surface area contributed by atoms with Gasteiger partial charge in [0.15, 0.2) is 0 Å². The number of phosphoric acid groups is 1. The van der Waals surface area contributed by atoms with E-state index in [1.165, 1.54) is 193 Å². The lowest BCUT2D eigenvalue weighted by Crippen LogP contribution is -2.42. The first-order chi connectivity index (χ1) is 23.2. The van der Waals surface area contributed by atoms with Crippen LogP contribution in [-0.4, -0.2) is 91.7 Å². The second-order valence-corrected chi connectivity index (χ2v) is 16.8. The van der Waals surface area contributed by atoms with Crippen molar-refractivity contribution in [2.75, 3.05) is 67.6 Å². The highest BCUT2D eigenvalue weighted by Crippen LogP contribution is 2.15. The number of hydrogen-bond donors (Lipinski definition) is 3. The summed E-state index contributed by atoms with van der Waals surface area (Å²) >= 11 is 0. The lowest BCUT2D eigenvalue weighted by atomic mass is 10.0. The SMILES string of the molecule is CCCCCCCCCCCCCCCC[N+](C)(C)CCO.CCCCCCCCCCCCCCCC[N+](C)(C)CCO.O=P([O-])([O-])O. The fraction of sp³-hybridized carbons (Fsp3) is 1.00. The van der Waals surface area contributed by atoms with Crippen LogP contribution in [0.25, 0.3) is 0 Å². The minimum Gasteiger partial charge on any atom is -0.790 e. The smallest absolute Gasteiger partial charge is 0.102 e. The van der Waals surface area contributed by atoms with Crippen LogP contribution >= 0.6 is 7.82 Å². The van der Waals surface area contributed by atoms with E-state index < -0.39 is 7.82 Å². The Bertz CT molecular complexity index is 621. The molecule has 0 aliphatic carbocycles. The summed E-state index contributed by atoms with van der Waals surface area (Å²) < 4.78 is 10.6. The lowest BCUT2D eigenvalue weighted by Gasteiger charge is -2.28. The van der Waals surface area contributed by atoms with Crippen LogP contribution in [0.4, 0.5) is 0 Å². The van der Waals surface area contributed by atoms with Crippen molar-refractivity contribution >= 4 is 7.82 Å². The summed E-state index contributed by atoms with van der Waals surface area (Å²) in [5.41, 5.74) is 0. The maximum absolute atomic E-state index is 9.00. The second kappa shape index (κ2) is 39.2. The predicted molar refractivity (Wildman–Crippen MR) is 208 cm³/mol. The van der Waals surface area contributed by atoms with Crippen molar-refractivity contribution in [1.29, 1.82) is 0 Å². The summed E-state index contributed by atoms with van der Waals surface area (Å²) in [4.78, 5) is 24.3. The lowest BCUT2D eigenvalue weighted by molar-refractivity contribution is -0.890. The number of unbranched alkanes of at least 4 members (excludes halogenated alkanes) is 26. The van der Waals surface area contributed by atoms with E-state index in [0.717, 1.165) is 22.1 Å². The fourth-order valence-corrected chi connectivity index (χ4v) is 6.23. The van der Waals surface area contributed by atoms with Crippen LogP contribution < -0.4 is 9.79 Å². The van der Waals surface area contributed by atoms with Gasteiger partial charge < -0.3 is 38.4 Å². The zero-order valence-electron chi connectivity index (χ0n) is 33.9. The Balaban J connectivity index is -0.000000757. The largest absolute Gasteiger partial charge is 0.790 e. The van der Waals surface area contributed by atoms with Crippen molar-refractivity contribution in [2.45, 2.75) is 194 Å². The van der Waals surface area contributed by atoms with E-state index in [0.29, 0.717) is 13.2 Å². The number of quaternary nitrogens is 2. The van der Waals surface area contributed by atoms with Gasteiger partial charge in [-0.3, -0.25) is 0 Å². The highest BCUT2D eigenvalue weighted by Gasteiger charge is 2.13. The molecule has 0 saturated carbocycles. The van der Waals surface area contributed by atoms with Crippen LogP contribution in [0.3, 0.4) is 0 Å². The van der Waals surface area contributed by atoms with Crippen LogP contribution in [0.1, 0.15) is 194 Å². The van der Waals surface area contributed by atoms with E-state index >= 15 is 0 Å². The maximum atomic E-state index is 9.00. The number of likely N-dealkylation sites (N-methyl/N-ethyl adjacent to an activating group) is 2. The van der Waals surface area contributed by atoms with E-state index in [4.69, 9.17) is 29.5 Å². The molecule has 0 radical (unpaired) electrons. The summed E-state index contributed by atoms with van der Waals surface area (Å²) in [6.45, 7) is 9.38. The molecule has 9 heteroatoms. The average Bonchev–Trinajstić information content (AvgIpc) is 3.01. The number of rotatable bonds is 34. The van der Waals surface area contributed by atoms with Gasteiger partial charge in [0.2, 0.25) is 0 Å². The molecular weight excluding hydrogens is 635 g/mol. The third-order valence-corrected chi connectivity index (χ3v) is 9.64. The van der Waals surface area contributed by atoms with Gasteiger partial charge in [0, 0.05) is 0 Å². The van der Waals surface area contributed by atoms with E-state index in [2.05, 4.69) is 42.0 Å². The number of nitrogens with zero attached hydrogens (tertiary/aromatic N) is 2. The van der Waals surface area contributed by atoms with Crippen LogP contribution in [-0.2, 0) is 4.57 Å². The zero-order valence-corrected chi connectivity index (χ0v) is 34.8. The summed E-state index contributed by atoms with van der Waals surface area (Å²) in [5, 5.41) is 18.0. The summed E-state index contributed by atoms with van der Waals surface area (Å²) in [5.74, 6) is 0. The molecule has 0 aliphatic heterocycles. The molecule has 49 heavy (non-hydrogen) atoms. The molecule has 0 aromatic heterocycles. The Kier molecular flexibility index (Phi) is 42.6. The van der Waals surface area contributed by atoms with Gasteiger partial charge in [-0.25, -0.2) is 0 Å². The summed E-state index contributed by atoms with van der Waals surface area (Å²) in [7, 11) is 3.74. The molecule has 0 amide bonds. The Morgan fingerprint density at radius 3 is 0.714 bits per heavy atom. The van der Waals surface area contributed by atoms with Gasteiger partial charge in [-0.05, 0) is 25.7 Å². The highest BCUT2D eigenvalue weighted by molar-refractivity contribution is 7.42. The van der Waals surface area contributed by atoms with E-state index in [1.54, 1.807) is 0 Å². The fourth-order valence-electron chi connectivity index (χ4n) is 6.23. The molecule has 0 saturated heterocycles. The van der Waals surface area contributed by atoms with Gasteiger partial charge in [0.1, 0.15) is 13.1 Å². The van der Waals surface area contributed by atoms with E-state index in [9.17, 15) is 0 Å². The standard InChI is InChI=1S/2C20H44NO.H3O4P/c2*1-4-5-6-7-8-9-10-11-12-13-14-15-16-17-18-21(2,3)19-20-22;1-5(2,3)4/h2*22H,4-20H2,1-3H3;(H3,1,2,3,4)/q2*+1;/p-2. The maximum Gasteiger partial charge on any atom is 0.102 e. The van der Waals surface area contributed by atoms with Gasteiger partial charge in [-0.15, -0.1) is 0 Å². The monoisotopic (exact) mass is 725 g/mol. The topological polar surface area (TPSA) is 124 Å². The molecule has 0 aromatic rings. The quantitative estimate of drug-likeness (QED) is 0.0346. The highest BCUT2D eigenvalue weighted by atomic mass is 31.2. The first-order valence-corrected chi connectivity index (χ1v) is 22.3. The molecule has 0 aromatic carbocycles. The Hall–Kier alpha value is -0.0500. The van der Waals surface area contributed by atoms with Gasteiger partial charge in [0.05, 0.1) is 62.3 Å². The number of aliphatic hydroxyl groups is 2. The van der Waals surface area contributed by atoms with Crippen molar-refractivity contribution in [2.24, 2.45) is 0 Å². The van der Waals surface area contributed by atoms with Crippen molar-refractivity contribution in [1.82, 2.24) is 0 Å². The minimum atomic E-state index is -5.14. The first-order valence-electron chi connectivity index (χ1n) is 20.8. The second-order valence-electron chi connectivity index (χ2n) is 15.9. The molecule has 300 valence electrons. The Morgan fingerprint density at radius 1 is 0.388 bits per heavy atom. The van der Waals surface area contributed by atoms with Crippen molar-refractivity contribution < 1.29 is 38.4 Å². The molecular formula is C40H89N2O6P. The van der Waals surface area contributed by atoms with E-state index in [-0.39, 0.29) is 0 Å². The van der Waals surface area contributed by atoms with Crippen molar-refractivity contribution in [3.63, 3.8) is 0 Å². The first kappa shape index (κ1) is 53.3. The Labute approximate surface area is 306 Å². The number of aliphatic hydroxyl groups excluding tert-OH is 2. The molecule has 0 unspecified atom stereocenters. The average molecular weight is 725 g/mol. The molecule has 0 atom stereocenters. The molecule has 0 rings (SSSR count).